The quantitative estimate of drug-likeness (QED) is 0.628. The number of nitrogens with zero attached hydrogens (tertiary/aromatic N) is 2. The summed E-state index contributed by atoms with van der Waals surface area (Å²) in [5, 5.41) is 0. The van der Waals surface area contributed by atoms with E-state index in [0.717, 1.165) is 36.7 Å². The highest BCUT2D eigenvalue weighted by Crippen LogP contribution is 2.39. The van der Waals surface area contributed by atoms with E-state index in [9.17, 15) is 4.79 Å². The van der Waals surface area contributed by atoms with Crippen LogP contribution in [-0.2, 0) is 4.74 Å². The van der Waals surface area contributed by atoms with Crippen LogP contribution in [0, 0.1) is 5.92 Å². The molecule has 1 atom stereocenters. The van der Waals surface area contributed by atoms with Crippen LogP contribution >= 0.6 is 22.9 Å². The van der Waals surface area contributed by atoms with Crippen molar-refractivity contribution >= 4 is 29.0 Å². The number of hydrogen-bond acceptors (Lipinski definition) is 4. The highest BCUT2D eigenvalue weighted by Gasteiger charge is 2.29. The number of hydrogen-bond donors (Lipinski definition) is 0. The van der Waals surface area contributed by atoms with E-state index in [4.69, 9.17) is 16.3 Å². The topological polar surface area (TPSA) is 42.4 Å². The predicted octanol–water partition coefficient (Wildman–Crippen LogP) is 5.97. The van der Waals surface area contributed by atoms with Crippen LogP contribution in [0.4, 0.5) is 4.79 Å². The normalized spacial score (nSPS) is 17.0. The summed E-state index contributed by atoms with van der Waals surface area (Å²) < 4.78 is 6.32. The molecule has 2 aromatic rings. The number of carbonyl (C=O) groups excluding carboxylic acids is 1. The Hall–Kier alpha value is -1.59. The summed E-state index contributed by atoms with van der Waals surface area (Å²) in [7, 11) is 0. The lowest BCUT2D eigenvalue weighted by Gasteiger charge is -2.34. The molecule has 1 amide bonds. The second kappa shape index (κ2) is 8.61. The molecule has 146 valence electrons. The standard InChI is InChI=1S/C21H27ClN2O2S/c1-21(2,3)26-20(25)24-12-8-15(9-13-24)14-17(16-6-10-23-11-7-16)18-4-5-19(22)27-18/h4-7,10-11,15,17H,8-9,12-14H2,1-3H3/t17-/m0/s1. The molecular formula is C21H27ClN2O2S. The molecule has 1 aliphatic rings. The summed E-state index contributed by atoms with van der Waals surface area (Å²) in [6.07, 6.45) is 6.56. The van der Waals surface area contributed by atoms with Crippen molar-refractivity contribution in [3.8, 4) is 0 Å². The average molecular weight is 407 g/mol. The number of ether oxygens (including phenoxy) is 1. The molecule has 0 N–H and O–H groups in total. The first kappa shape index (κ1) is 20.2. The monoisotopic (exact) mass is 406 g/mol. The van der Waals surface area contributed by atoms with E-state index in [2.05, 4.69) is 23.2 Å². The molecule has 4 nitrogen and oxygen atoms in total. The van der Waals surface area contributed by atoms with Gasteiger partial charge in [-0.3, -0.25) is 4.98 Å². The number of carbonyl (C=O) groups is 1. The maximum atomic E-state index is 12.3. The molecule has 1 saturated heterocycles. The zero-order valence-electron chi connectivity index (χ0n) is 16.2. The zero-order valence-corrected chi connectivity index (χ0v) is 17.7. The van der Waals surface area contributed by atoms with Crippen LogP contribution in [0.2, 0.25) is 4.34 Å². The van der Waals surface area contributed by atoms with Crippen LogP contribution in [0.25, 0.3) is 0 Å². The minimum absolute atomic E-state index is 0.198. The van der Waals surface area contributed by atoms with Crippen molar-refractivity contribution in [1.29, 1.82) is 0 Å². The number of aromatic nitrogens is 1. The predicted molar refractivity (Wildman–Crippen MR) is 111 cm³/mol. The van der Waals surface area contributed by atoms with Gasteiger partial charge in [-0.05, 0) is 75.8 Å². The Morgan fingerprint density at radius 2 is 1.93 bits per heavy atom. The van der Waals surface area contributed by atoms with E-state index in [-0.39, 0.29) is 6.09 Å². The van der Waals surface area contributed by atoms with Crippen LogP contribution < -0.4 is 0 Å². The van der Waals surface area contributed by atoms with Gasteiger partial charge in [-0.15, -0.1) is 11.3 Å². The van der Waals surface area contributed by atoms with Crippen molar-refractivity contribution in [1.82, 2.24) is 9.88 Å². The Balaban J connectivity index is 1.64. The van der Waals surface area contributed by atoms with E-state index in [1.807, 2.05) is 44.1 Å². The largest absolute Gasteiger partial charge is 0.444 e. The maximum Gasteiger partial charge on any atom is 0.410 e. The van der Waals surface area contributed by atoms with E-state index in [1.165, 1.54) is 10.4 Å². The van der Waals surface area contributed by atoms with Gasteiger partial charge < -0.3 is 9.64 Å². The smallest absolute Gasteiger partial charge is 0.410 e. The van der Waals surface area contributed by atoms with Gasteiger partial charge in [-0.1, -0.05) is 11.6 Å². The number of likely N-dealkylation sites (tertiary alicyclic amines) is 1. The van der Waals surface area contributed by atoms with E-state index >= 15 is 0 Å². The molecule has 3 rings (SSSR count). The molecule has 2 aromatic heterocycles. The highest BCUT2D eigenvalue weighted by molar-refractivity contribution is 7.16. The van der Waals surface area contributed by atoms with Crippen LogP contribution in [0.3, 0.4) is 0 Å². The third-order valence-corrected chi connectivity index (χ3v) is 6.23. The van der Waals surface area contributed by atoms with Crippen LogP contribution in [0.1, 0.15) is 56.4 Å². The first-order valence-corrected chi connectivity index (χ1v) is 10.6. The van der Waals surface area contributed by atoms with Gasteiger partial charge in [0.15, 0.2) is 0 Å². The number of piperidine rings is 1. The highest BCUT2D eigenvalue weighted by atomic mass is 35.5. The maximum absolute atomic E-state index is 12.3. The van der Waals surface area contributed by atoms with Crippen molar-refractivity contribution in [3.05, 3.63) is 51.4 Å². The fraction of sp³-hybridized carbons (Fsp3) is 0.524. The Kier molecular flexibility index (Phi) is 6.43. The summed E-state index contributed by atoms with van der Waals surface area (Å²) in [4.78, 5) is 19.6. The van der Waals surface area contributed by atoms with Crippen LogP contribution in [0.5, 0.6) is 0 Å². The molecule has 0 bridgehead atoms. The SMILES string of the molecule is CC(C)(C)OC(=O)N1CCC(C[C@@H](c2ccncc2)c2ccc(Cl)s2)CC1. The van der Waals surface area contributed by atoms with Gasteiger partial charge in [0, 0.05) is 36.3 Å². The average Bonchev–Trinajstić information content (AvgIpc) is 3.05. The van der Waals surface area contributed by atoms with E-state index in [0.29, 0.717) is 11.8 Å². The molecule has 0 radical (unpaired) electrons. The van der Waals surface area contributed by atoms with Gasteiger partial charge in [0.25, 0.3) is 0 Å². The molecule has 1 fully saturated rings. The second-order valence-corrected chi connectivity index (χ2v) is 9.87. The minimum Gasteiger partial charge on any atom is -0.444 e. The molecule has 0 aliphatic carbocycles. The Morgan fingerprint density at radius 3 is 2.48 bits per heavy atom. The van der Waals surface area contributed by atoms with Gasteiger partial charge in [-0.25, -0.2) is 4.79 Å². The van der Waals surface area contributed by atoms with Gasteiger partial charge in [0.1, 0.15) is 5.60 Å². The van der Waals surface area contributed by atoms with E-state index in [1.54, 1.807) is 11.3 Å². The summed E-state index contributed by atoms with van der Waals surface area (Å²) in [5.41, 5.74) is 0.830. The number of pyridine rings is 1. The first-order chi connectivity index (χ1) is 12.8. The molecule has 0 spiro atoms. The molecule has 0 aromatic carbocycles. The molecular weight excluding hydrogens is 380 g/mol. The lowest BCUT2D eigenvalue weighted by Crippen LogP contribution is -2.41. The summed E-state index contributed by atoms with van der Waals surface area (Å²) in [6, 6.07) is 8.29. The van der Waals surface area contributed by atoms with Gasteiger partial charge in [-0.2, -0.15) is 0 Å². The van der Waals surface area contributed by atoms with Crippen molar-refractivity contribution in [2.24, 2.45) is 5.92 Å². The van der Waals surface area contributed by atoms with Gasteiger partial charge >= 0.3 is 6.09 Å². The van der Waals surface area contributed by atoms with Crippen molar-refractivity contribution in [2.75, 3.05) is 13.1 Å². The van der Waals surface area contributed by atoms with Crippen LogP contribution in [0.15, 0.2) is 36.7 Å². The lowest BCUT2D eigenvalue weighted by molar-refractivity contribution is 0.0180. The first-order valence-electron chi connectivity index (χ1n) is 9.45. The van der Waals surface area contributed by atoms with Crippen LogP contribution in [-0.4, -0.2) is 34.7 Å². The fourth-order valence-electron chi connectivity index (χ4n) is 3.54. The Morgan fingerprint density at radius 1 is 1.26 bits per heavy atom. The minimum atomic E-state index is -0.446. The lowest BCUT2D eigenvalue weighted by atomic mass is 9.83. The van der Waals surface area contributed by atoms with Crippen molar-refractivity contribution in [3.63, 3.8) is 0 Å². The zero-order chi connectivity index (χ0) is 19.4. The summed E-state index contributed by atoms with van der Waals surface area (Å²) in [6.45, 7) is 7.23. The third kappa shape index (κ3) is 5.69. The second-order valence-electron chi connectivity index (χ2n) is 8.12. The third-order valence-electron chi connectivity index (χ3n) is 4.88. The Labute approximate surface area is 170 Å². The molecule has 3 heterocycles. The van der Waals surface area contributed by atoms with Gasteiger partial charge in [0.2, 0.25) is 0 Å². The number of thiophene rings is 1. The van der Waals surface area contributed by atoms with E-state index < -0.39 is 5.60 Å². The number of halogens is 1. The molecule has 1 aliphatic heterocycles. The molecule has 6 heteroatoms. The van der Waals surface area contributed by atoms with Crippen molar-refractivity contribution < 1.29 is 9.53 Å². The number of rotatable bonds is 4. The van der Waals surface area contributed by atoms with Crippen molar-refractivity contribution in [2.45, 2.75) is 51.6 Å². The molecule has 27 heavy (non-hydrogen) atoms. The Bertz CT molecular complexity index is 749. The molecule has 0 unspecified atom stereocenters. The fourth-order valence-corrected chi connectivity index (χ4v) is 4.74. The molecule has 0 saturated carbocycles. The number of amides is 1. The summed E-state index contributed by atoms with van der Waals surface area (Å²) >= 11 is 7.84. The van der Waals surface area contributed by atoms with Gasteiger partial charge in [0.05, 0.1) is 4.34 Å². The summed E-state index contributed by atoms with van der Waals surface area (Å²) in [5.74, 6) is 0.895.